The summed E-state index contributed by atoms with van der Waals surface area (Å²) in [6, 6.07) is 16.4. The number of halogens is 1. The van der Waals surface area contributed by atoms with Gasteiger partial charge in [-0.05, 0) is 24.6 Å². The second-order valence-electron chi connectivity index (χ2n) is 4.37. The number of nitrogens with zero attached hydrogens (tertiary/aromatic N) is 2. The molecular formula is C15H13ClN2. The van der Waals surface area contributed by atoms with Crippen LogP contribution in [0, 0.1) is 6.92 Å². The van der Waals surface area contributed by atoms with Crippen LogP contribution in [0.1, 0.15) is 17.1 Å². The first-order valence-corrected chi connectivity index (χ1v) is 6.30. The van der Waals surface area contributed by atoms with Crippen LogP contribution in [-0.4, -0.2) is 9.38 Å². The van der Waals surface area contributed by atoms with E-state index in [0.717, 1.165) is 23.5 Å². The van der Waals surface area contributed by atoms with Gasteiger partial charge in [0.1, 0.15) is 5.82 Å². The van der Waals surface area contributed by atoms with Gasteiger partial charge < -0.3 is 0 Å². The molecule has 0 fully saturated rings. The number of hydrogen-bond acceptors (Lipinski definition) is 1. The van der Waals surface area contributed by atoms with E-state index < -0.39 is 0 Å². The molecule has 2 heterocycles. The predicted molar refractivity (Wildman–Crippen MR) is 74.2 cm³/mol. The van der Waals surface area contributed by atoms with Gasteiger partial charge in [0.2, 0.25) is 0 Å². The third-order valence-electron chi connectivity index (χ3n) is 3.09. The van der Waals surface area contributed by atoms with Crippen LogP contribution in [0.15, 0.2) is 48.5 Å². The number of benzene rings is 1. The van der Waals surface area contributed by atoms with E-state index in [0.29, 0.717) is 5.15 Å². The molecule has 3 rings (SSSR count). The summed E-state index contributed by atoms with van der Waals surface area (Å²) in [5.74, 6) is 0.985. The lowest BCUT2D eigenvalue weighted by Gasteiger charge is -2.04. The van der Waals surface area contributed by atoms with E-state index in [1.165, 1.54) is 5.56 Å². The van der Waals surface area contributed by atoms with E-state index in [9.17, 15) is 0 Å². The van der Waals surface area contributed by atoms with Crippen molar-refractivity contribution >= 4 is 17.1 Å². The first-order valence-electron chi connectivity index (χ1n) is 5.92. The van der Waals surface area contributed by atoms with Crippen molar-refractivity contribution < 1.29 is 0 Å². The highest BCUT2D eigenvalue weighted by Gasteiger charge is 2.10. The van der Waals surface area contributed by atoms with Gasteiger partial charge >= 0.3 is 0 Å². The summed E-state index contributed by atoms with van der Waals surface area (Å²) in [4.78, 5) is 4.47. The molecule has 0 aliphatic heterocycles. The Balaban J connectivity index is 2.13. The number of aryl methyl sites for hydroxylation is 1. The molecule has 90 valence electrons. The molecule has 0 saturated carbocycles. The van der Waals surface area contributed by atoms with Crippen LogP contribution in [0.25, 0.3) is 5.52 Å². The van der Waals surface area contributed by atoms with Gasteiger partial charge in [0, 0.05) is 12.1 Å². The molecule has 0 radical (unpaired) electrons. The fourth-order valence-electron chi connectivity index (χ4n) is 2.24. The summed E-state index contributed by atoms with van der Waals surface area (Å²) >= 11 is 6.18. The minimum Gasteiger partial charge on any atom is -0.299 e. The zero-order valence-corrected chi connectivity index (χ0v) is 10.9. The highest BCUT2D eigenvalue weighted by atomic mass is 35.5. The molecule has 0 saturated heterocycles. The van der Waals surface area contributed by atoms with Crippen LogP contribution in [0.4, 0.5) is 0 Å². The smallest absolute Gasteiger partial charge is 0.155 e. The molecule has 2 nitrogen and oxygen atoms in total. The molecule has 0 N–H and O–H groups in total. The molecule has 0 aliphatic carbocycles. The quantitative estimate of drug-likeness (QED) is 0.680. The third-order valence-corrected chi connectivity index (χ3v) is 3.37. The second kappa shape index (κ2) is 4.46. The van der Waals surface area contributed by atoms with E-state index in [2.05, 4.69) is 34.5 Å². The Labute approximate surface area is 111 Å². The lowest BCUT2D eigenvalue weighted by atomic mass is 10.1. The van der Waals surface area contributed by atoms with E-state index in [1.807, 2.05) is 30.3 Å². The van der Waals surface area contributed by atoms with Crippen LogP contribution in [0.2, 0.25) is 5.15 Å². The summed E-state index contributed by atoms with van der Waals surface area (Å²) in [5, 5.41) is 0.574. The van der Waals surface area contributed by atoms with Crippen molar-refractivity contribution in [3.05, 3.63) is 70.8 Å². The van der Waals surface area contributed by atoms with E-state index in [4.69, 9.17) is 11.6 Å². The lowest BCUT2D eigenvalue weighted by Crippen LogP contribution is -1.99. The molecule has 3 heteroatoms. The van der Waals surface area contributed by atoms with Crippen molar-refractivity contribution in [2.24, 2.45) is 0 Å². The standard InChI is InChI=1S/C15H13ClN2/c1-11-6-5-9-13-15(16)17-14(18(11)13)10-12-7-3-2-4-8-12/h2-9H,10H2,1H3. The molecule has 2 aromatic heterocycles. The van der Waals surface area contributed by atoms with Crippen molar-refractivity contribution in [1.82, 2.24) is 9.38 Å². The number of hydrogen-bond donors (Lipinski definition) is 0. The molecule has 18 heavy (non-hydrogen) atoms. The monoisotopic (exact) mass is 256 g/mol. The van der Waals surface area contributed by atoms with Crippen LogP contribution in [-0.2, 0) is 6.42 Å². The number of pyridine rings is 1. The maximum absolute atomic E-state index is 6.18. The molecule has 0 aliphatic rings. The molecule has 0 atom stereocenters. The van der Waals surface area contributed by atoms with Gasteiger partial charge in [0.05, 0.1) is 5.52 Å². The summed E-state index contributed by atoms with van der Waals surface area (Å²) < 4.78 is 2.12. The number of imidazole rings is 1. The van der Waals surface area contributed by atoms with E-state index in [-0.39, 0.29) is 0 Å². The van der Waals surface area contributed by atoms with Crippen molar-refractivity contribution in [3.63, 3.8) is 0 Å². The molecule has 0 amide bonds. The topological polar surface area (TPSA) is 17.3 Å². The van der Waals surface area contributed by atoms with E-state index >= 15 is 0 Å². The van der Waals surface area contributed by atoms with Gasteiger partial charge in [0.25, 0.3) is 0 Å². The van der Waals surface area contributed by atoms with Gasteiger partial charge in [-0.15, -0.1) is 0 Å². The first-order chi connectivity index (χ1) is 8.75. The molecular weight excluding hydrogens is 244 g/mol. The van der Waals surface area contributed by atoms with Crippen LogP contribution < -0.4 is 0 Å². The maximum Gasteiger partial charge on any atom is 0.155 e. The highest BCUT2D eigenvalue weighted by Crippen LogP contribution is 2.21. The Morgan fingerprint density at radius 3 is 2.61 bits per heavy atom. The zero-order valence-electron chi connectivity index (χ0n) is 10.1. The van der Waals surface area contributed by atoms with Crippen molar-refractivity contribution in [1.29, 1.82) is 0 Å². The maximum atomic E-state index is 6.18. The van der Waals surface area contributed by atoms with Gasteiger partial charge in [-0.2, -0.15) is 0 Å². The molecule has 0 unspecified atom stereocenters. The Morgan fingerprint density at radius 2 is 1.83 bits per heavy atom. The van der Waals surface area contributed by atoms with Gasteiger partial charge in [-0.25, -0.2) is 4.98 Å². The van der Waals surface area contributed by atoms with Gasteiger partial charge in [-0.1, -0.05) is 48.0 Å². The summed E-state index contributed by atoms with van der Waals surface area (Å²) in [7, 11) is 0. The van der Waals surface area contributed by atoms with Crippen LogP contribution >= 0.6 is 11.6 Å². The number of rotatable bonds is 2. The summed E-state index contributed by atoms with van der Waals surface area (Å²) in [5.41, 5.74) is 3.37. The lowest BCUT2D eigenvalue weighted by molar-refractivity contribution is 0.932. The zero-order chi connectivity index (χ0) is 12.5. The Bertz CT molecular complexity index is 686. The average Bonchev–Trinajstić information content (AvgIpc) is 2.69. The highest BCUT2D eigenvalue weighted by molar-refractivity contribution is 6.32. The molecule has 1 aromatic carbocycles. The minimum atomic E-state index is 0.574. The summed E-state index contributed by atoms with van der Waals surface area (Å²) in [6.07, 6.45) is 0.791. The van der Waals surface area contributed by atoms with Crippen molar-refractivity contribution in [2.45, 2.75) is 13.3 Å². The van der Waals surface area contributed by atoms with Crippen molar-refractivity contribution in [3.8, 4) is 0 Å². The summed E-state index contributed by atoms with van der Waals surface area (Å²) in [6.45, 7) is 2.07. The first kappa shape index (κ1) is 11.3. The molecule has 0 spiro atoms. The van der Waals surface area contributed by atoms with Crippen LogP contribution in [0.5, 0.6) is 0 Å². The fourth-order valence-corrected chi connectivity index (χ4v) is 2.48. The number of aromatic nitrogens is 2. The number of fused-ring (bicyclic) bond motifs is 1. The largest absolute Gasteiger partial charge is 0.299 e. The molecule has 3 aromatic rings. The van der Waals surface area contributed by atoms with E-state index in [1.54, 1.807) is 0 Å². The van der Waals surface area contributed by atoms with Gasteiger partial charge in [-0.3, -0.25) is 4.40 Å². The predicted octanol–water partition coefficient (Wildman–Crippen LogP) is 3.89. The minimum absolute atomic E-state index is 0.574. The molecule has 0 bridgehead atoms. The third kappa shape index (κ3) is 1.89. The average molecular weight is 257 g/mol. The second-order valence-corrected chi connectivity index (χ2v) is 4.73. The fraction of sp³-hybridized carbons (Fsp3) is 0.133. The Hall–Kier alpha value is -1.80. The Kier molecular flexibility index (Phi) is 2.80. The Morgan fingerprint density at radius 1 is 1.06 bits per heavy atom. The van der Waals surface area contributed by atoms with Crippen molar-refractivity contribution in [2.75, 3.05) is 0 Å². The van der Waals surface area contributed by atoms with Gasteiger partial charge in [0.15, 0.2) is 5.15 Å². The SMILES string of the molecule is Cc1cccc2c(Cl)nc(Cc3ccccc3)n12. The van der Waals surface area contributed by atoms with Crippen LogP contribution in [0.3, 0.4) is 0 Å². The normalized spacial score (nSPS) is 11.0.